The summed E-state index contributed by atoms with van der Waals surface area (Å²) < 4.78 is 7.74. The number of aromatic nitrogens is 2. The van der Waals surface area contributed by atoms with Gasteiger partial charge in [-0.15, -0.1) is 0 Å². The molecule has 8 heteroatoms. The maximum absolute atomic E-state index is 13.0. The molecule has 0 radical (unpaired) electrons. The minimum Gasteiger partial charge on any atom is -0.495 e. The zero-order valence-corrected chi connectivity index (χ0v) is 17.4. The maximum Gasteiger partial charge on any atom is 0.332 e. The lowest BCUT2D eigenvalue weighted by Crippen LogP contribution is -2.42. The Kier molecular flexibility index (Phi) is 5.79. The fourth-order valence-corrected chi connectivity index (χ4v) is 3.36. The van der Waals surface area contributed by atoms with E-state index in [-0.39, 0.29) is 18.1 Å². The number of hydrogen-bond acceptors (Lipinski definition) is 4. The Morgan fingerprint density at radius 1 is 1.21 bits per heavy atom. The predicted octanol–water partition coefficient (Wildman–Crippen LogP) is 3.35. The molecular weight excluding hydrogens is 394 g/mol. The van der Waals surface area contributed by atoms with Gasteiger partial charge in [-0.1, -0.05) is 23.7 Å². The second kappa shape index (κ2) is 8.13. The van der Waals surface area contributed by atoms with E-state index in [0.717, 1.165) is 10.1 Å². The number of para-hydroxylation sites is 1. The number of nitrogens with zero attached hydrogens (tertiary/aromatic N) is 2. The Balaban J connectivity index is 2.05. The standard InChI is InChI=1S/C21H22ClN3O4/c1-12(2)25-20(27)14-7-5-6-8-17(14)24(21(25)28)11-19(26)23-16-9-13(3)15(22)10-18(16)29-4/h5-10,12H,11H2,1-4H3,(H,23,26). The monoisotopic (exact) mass is 415 g/mol. The van der Waals surface area contributed by atoms with Crippen LogP contribution in [0.15, 0.2) is 46.0 Å². The van der Waals surface area contributed by atoms with Crippen LogP contribution in [0.3, 0.4) is 0 Å². The molecule has 1 N–H and O–H groups in total. The highest BCUT2D eigenvalue weighted by atomic mass is 35.5. The number of ether oxygens (including phenoxy) is 1. The van der Waals surface area contributed by atoms with E-state index in [1.54, 1.807) is 50.2 Å². The lowest BCUT2D eigenvalue weighted by Gasteiger charge is -2.17. The van der Waals surface area contributed by atoms with Crippen molar-refractivity contribution in [3.05, 3.63) is 67.8 Å². The van der Waals surface area contributed by atoms with Gasteiger partial charge in [-0.05, 0) is 44.5 Å². The number of aryl methyl sites for hydroxylation is 1. The summed E-state index contributed by atoms with van der Waals surface area (Å²) in [4.78, 5) is 38.4. The largest absolute Gasteiger partial charge is 0.495 e. The van der Waals surface area contributed by atoms with Gasteiger partial charge in [0.05, 0.1) is 23.7 Å². The van der Waals surface area contributed by atoms with Crippen LogP contribution in [-0.4, -0.2) is 22.2 Å². The second-order valence-corrected chi connectivity index (χ2v) is 7.41. The molecule has 1 heterocycles. The second-order valence-electron chi connectivity index (χ2n) is 7.00. The molecule has 0 aliphatic carbocycles. The Hall–Kier alpha value is -3.06. The molecule has 3 aromatic rings. The molecule has 0 atom stereocenters. The van der Waals surface area contributed by atoms with E-state index in [4.69, 9.17) is 16.3 Å². The molecule has 152 valence electrons. The molecule has 0 bridgehead atoms. The summed E-state index contributed by atoms with van der Waals surface area (Å²) in [7, 11) is 1.48. The van der Waals surface area contributed by atoms with Crippen LogP contribution in [-0.2, 0) is 11.3 Å². The number of anilines is 1. The molecule has 0 saturated carbocycles. The molecule has 7 nitrogen and oxygen atoms in total. The lowest BCUT2D eigenvalue weighted by molar-refractivity contribution is -0.116. The minimum atomic E-state index is -0.530. The van der Waals surface area contributed by atoms with E-state index in [0.29, 0.717) is 27.4 Å². The number of methoxy groups -OCH3 is 1. The third-order valence-corrected chi connectivity index (χ3v) is 5.06. The zero-order valence-electron chi connectivity index (χ0n) is 16.7. The van der Waals surface area contributed by atoms with Crippen molar-refractivity contribution < 1.29 is 9.53 Å². The molecular formula is C21H22ClN3O4. The first-order chi connectivity index (χ1) is 13.7. The van der Waals surface area contributed by atoms with Gasteiger partial charge in [-0.25, -0.2) is 4.79 Å². The zero-order chi connectivity index (χ0) is 21.3. The number of amides is 1. The van der Waals surface area contributed by atoms with Crippen LogP contribution in [0.4, 0.5) is 5.69 Å². The van der Waals surface area contributed by atoms with Crippen LogP contribution in [0, 0.1) is 6.92 Å². The molecule has 29 heavy (non-hydrogen) atoms. The molecule has 1 aromatic heterocycles. The smallest absolute Gasteiger partial charge is 0.332 e. The van der Waals surface area contributed by atoms with Crippen LogP contribution in [0.1, 0.15) is 25.5 Å². The number of carbonyl (C=O) groups is 1. The first kappa shape index (κ1) is 20.7. The van der Waals surface area contributed by atoms with Crippen LogP contribution < -0.4 is 21.3 Å². The summed E-state index contributed by atoms with van der Waals surface area (Å²) in [6, 6.07) is 9.74. The van der Waals surface area contributed by atoms with Crippen LogP contribution >= 0.6 is 11.6 Å². The molecule has 1 amide bonds. The summed E-state index contributed by atoms with van der Waals surface area (Å²) >= 11 is 6.11. The predicted molar refractivity (Wildman–Crippen MR) is 114 cm³/mol. The highest BCUT2D eigenvalue weighted by molar-refractivity contribution is 6.31. The Bertz CT molecular complexity index is 1210. The van der Waals surface area contributed by atoms with Gasteiger partial charge in [0.25, 0.3) is 5.56 Å². The molecule has 0 spiro atoms. The first-order valence-corrected chi connectivity index (χ1v) is 9.50. The van der Waals surface area contributed by atoms with Gasteiger partial charge in [-0.3, -0.25) is 18.7 Å². The SMILES string of the molecule is COc1cc(Cl)c(C)cc1NC(=O)Cn1c(=O)n(C(C)C)c(=O)c2ccccc21. The van der Waals surface area contributed by atoms with E-state index in [1.807, 2.05) is 6.92 Å². The fourth-order valence-electron chi connectivity index (χ4n) is 3.21. The van der Waals surface area contributed by atoms with Crippen molar-refractivity contribution in [2.45, 2.75) is 33.4 Å². The van der Waals surface area contributed by atoms with E-state index < -0.39 is 11.6 Å². The van der Waals surface area contributed by atoms with Crippen molar-refractivity contribution >= 4 is 34.1 Å². The van der Waals surface area contributed by atoms with Crippen molar-refractivity contribution in [1.29, 1.82) is 0 Å². The highest BCUT2D eigenvalue weighted by Crippen LogP contribution is 2.30. The summed E-state index contributed by atoms with van der Waals surface area (Å²) in [6.45, 7) is 5.07. The van der Waals surface area contributed by atoms with Crippen molar-refractivity contribution in [2.75, 3.05) is 12.4 Å². The normalized spacial score (nSPS) is 11.1. The van der Waals surface area contributed by atoms with Gasteiger partial charge >= 0.3 is 5.69 Å². The minimum absolute atomic E-state index is 0.253. The lowest BCUT2D eigenvalue weighted by atomic mass is 10.2. The number of benzene rings is 2. The average molecular weight is 416 g/mol. The fraction of sp³-hybridized carbons (Fsp3) is 0.286. The van der Waals surface area contributed by atoms with Crippen LogP contribution in [0.25, 0.3) is 10.9 Å². The highest BCUT2D eigenvalue weighted by Gasteiger charge is 2.18. The van der Waals surface area contributed by atoms with E-state index in [1.165, 1.54) is 11.7 Å². The number of fused-ring (bicyclic) bond motifs is 1. The molecule has 0 aliphatic rings. The summed E-state index contributed by atoms with van der Waals surface area (Å²) in [5.41, 5.74) is 0.742. The third-order valence-electron chi connectivity index (χ3n) is 4.65. The number of nitrogens with one attached hydrogen (secondary N) is 1. The van der Waals surface area contributed by atoms with Crippen LogP contribution in [0.2, 0.25) is 5.02 Å². The van der Waals surface area contributed by atoms with Gasteiger partial charge in [0.1, 0.15) is 12.3 Å². The number of halogens is 1. The Labute approximate surface area is 172 Å². The quantitative estimate of drug-likeness (QED) is 0.692. The van der Waals surface area contributed by atoms with Crippen molar-refractivity contribution in [1.82, 2.24) is 9.13 Å². The van der Waals surface area contributed by atoms with Gasteiger partial charge in [0, 0.05) is 17.1 Å². The Morgan fingerprint density at radius 2 is 1.90 bits per heavy atom. The van der Waals surface area contributed by atoms with E-state index in [2.05, 4.69) is 5.32 Å². The van der Waals surface area contributed by atoms with Crippen molar-refractivity contribution in [3.63, 3.8) is 0 Å². The third kappa shape index (κ3) is 3.91. The summed E-state index contributed by atoms with van der Waals surface area (Å²) in [6.07, 6.45) is 0. The topological polar surface area (TPSA) is 82.3 Å². The molecule has 0 saturated heterocycles. The summed E-state index contributed by atoms with van der Waals surface area (Å²) in [5, 5.41) is 3.67. The molecule has 0 unspecified atom stereocenters. The molecule has 3 rings (SSSR count). The van der Waals surface area contributed by atoms with Crippen LogP contribution in [0.5, 0.6) is 5.75 Å². The number of hydrogen-bond donors (Lipinski definition) is 1. The maximum atomic E-state index is 13.0. The van der Waals surface area contributed by atoms with E-state index >= 15 is 0 Å². The van der Waals surface area contributed by atoms with Gasteiger partial charge in [0.15, 0.2) is 0 Å². The average Bonchev–Trinajstić information content (AvgIpc) is 2.67. The van der Waals surface area contributed by atoms with Gasteiger partial charge < -0.3 is 10.1 Å². The van der Waals surface area contributed by atoms with Gasteiger partial charge in [-0.2, -0.15) is 0 Å². The Morgan fingerprint density at radius 3 is 2.55 bits per heavy atom. The van der Waals surface area contributed by atoms with E-state index in [9.17, 15) is 14.4 Å². The van der Waals surface area contributed by atoms with Gasteiger partial charge in [0.2, 0.25) is 5.91 Å². The molecule has 0 fully saturated rings. The van der Waals surface area contributed by atoms with Crippen molar-refractivity contribution in [2.24, 2.45) is 0 Å². The number of carbonyl (C=O) groups excluding carboxylic acids is 1. The summed E-state index contributed by atoms with van der Waals surface area (Å²) in [5.74, 6) is -0.00969. The van der Waals surface area contributed by atoms with Crippen molar-refractivity contribution in [3.8, 4) is 5.75 Å². The first-order valence-electron chi connectivity index (χ1n) is 9.12. The molecule has 0 aliphatic heterocycles. The molecule has 2 aromatic carbocycles. The number of rotatable bonds is 5.